The van der Waals surface area contributed by atoms with Gasteiger partial charge < -0.3 is 4.74 Å². The molecule has 1 aliphatic rings. The minimum atomic E-state index is 0.978. The standard InChI is InChI=1S/C14H12O/c1-10-6-7-12-9-8-11-4-2-3-5-13(11)14(12)15-10/h2-6,8-9H,7H2,1H3. The molecule has 1 nitrogen and oxygen atoms in total. The van der Waals surface area contributed by atoms with Crippen molar-refractivity contribution in [3.8, 4) is 5.75 Å². The Hall–Kier alpha value is -1.76. The molecule has 0 saturated carbocycles. The van der Waals surface area contributed by atoms with Crippen LogP contribution in [0.3, 0.4) is 0 Å². The van der Waals surface area contributed by atoms with Gasteiger partial charge in [0, 0.05) is 5.39 Å². The predicted molar refractivity (Wildman–Crippen MR) is 62.0 cm³/mol. The largest absolute Gasteiger partial charge is 0.461 e. The second kappa shape index (κ2) is 3.13. The maximum Gasteiger partial charge on any atom is 0.138 e. The molecule has 2 aromatic carbocycles. The van der Waals surface area contributed by atoms with E-state index in [1.54, 1.807) is 0 Å². The van der Waals surface area contributed by atoms with Crippen molar-refractivity contribution >= 4 is 10.8 Å². The van der Waals surface area contributed by atoms with Gasteiger partial charge >= 0.3 is 0 Å². The summed E-state index contributed by atoms with van der Waals surface area (Å²) < 4.78 is 5.81. The normalized spacial score (nSPS) is 14.3. The Morgan fingerprint density at radius 1 is 1.07 bits per heavy atom. The topological polar surface area (TPSA) is 9.23 Å². The number of fused-ring (bicyclic) bond motifs is 3. The molecule has 0 bridgehead atoms. The first kappa shape index (κ1) is 8.54. The van der Waals surface area contributed by atoms with Crippen molar-refractivity contribution in [2.75, 3.05) is 0 Å². The van der Waals surface area contributed by atoms with E-state index in [9.17, 15) is 0 Å². The van der Waals surface area contributed by atoms with Crippen LogP contribution >= 0.6 is 0 Å². The third kappa shape index (κ3) is 1.32. The third-order valence-electron chi connectivity index (χ3n) is 2.83. The number of hydrogen-bond acceptors (Lipinski definition) is 1. The Morgan fingerprint density at radius 2 is 1.93 bits per heavy atom. The van der Waals surface area contributed by atoms with E-state index < -0.39 is 0 Å². The maximum atomic E-state index is 5.81. The monoisotopic (exact) mass is 196 g/mol. The van der Waals surface area contributed by atoms with Crippen LogP contribution in [0.15, 0.2) is 48.2 Å². The van der Waals surface area contributed by atoms with Gasteiger partial charge in [0.25, 0.3) is 0 Å². The fraction of sp³-hybridized carbons (Fsp3) is 0.143. The molecule has 0 aliphatic carbocycles. The SMILES string of the molecule is CC1=CCc2ccc3ccccc3c2O1. The lowest BCUT2D eigenvalue weighted by Gasteiger charge is -2.17. The van der Waals surface area contributed by atoms with Gasteiger partial charge in [-0.2, -0.15) is 0 Å². The Bertz CT molecular complexity index is 552. The summed E-state index contributed by atoms with van der Waals surface area (Å²) in [6.07, 6.45) is 3.10. The number of rotatable bonds is 0. The van der Waals surface area contributed by atoms with E-state index in [-0.39, 0.29) is 0 Å². The van der Waals surface area contributed by atoms with Gasteiger partial charge in [-0.25, -0.2) is 0 Å². The number of allylic oxidation sites excluding steroid dienone is 2. The third-order valence-corrected chi connectivity index (χ3v) is 2.83. The molecule has 1 heterocycles. The Labute approximate surface area is 89.0 Å². The van der Waals surface area contributed by atoms with E-state index in [4.69, 9.17) is 4.74 Å². The molecule has 0 saturated heterocycles. The molecule has 2 aromatic rings. The van der Waals surface area contributed by atoms with Crippen LogP contribution in [0.25, 0.3) is 10.8 Å². The lowest BCUT2D eigenvalue weighted by atomic mass is 10.0. The number of hydrogen-bond donors (Lipinski definition) is 0. The Balaban J connectivity index is 2.31. The van der Waals surface area contributed by atoms with Gasteiger partial charge in [0.2, 0.25) is 0 Å². The fourth-order valence-corrected chi connectivity index (χ4v) is 2.03. The molecule has 0 amide bonds. The molecule has 0 fully saturated rings. The van der Waals surface area contributed by atoms with E-state index in [2.05, 4.69) is 42.5 Å². The quantitative estimate of drug-likeness (QED) is 0.624. The van der Waals surface area contributed by atoms with E-state index in [0.29, 0.717) is 0 Å². The van der Waals surface area contributed by atoms with Gasteiger partial charge in [0.05, 0.1) is 5.76 Å². The summed E-state index contributed by atoms with van der Waals surface area (Å²) in [7, 11) is 0. The van der Waals surface area contributed by atoms with E-state index in [0.717, 1.165) is 17.9 Å². The van der Waals surface area contributed by atoms with Crippen LogP contribution in [0.2, 0.25) is 0 Å². The van der Waals surface area contributed by atoms with Crippen molar-refractivity contribution in [1.82, 2.24) is 0 Å². The molecule has 0 N–H and O–H groups in total. The summed E-state index contributed by atoms with van der Waals surface area (Å²) in [4.78, 5) is 0. The summed E-state index contributed by atoms with van der Waals surface area (Å²) in [5, 5.41) is 2.45. The highest BCUT2D eigenvalue weighted by Crippen LogP contribution is 2.34. The zero-order valence-electron chi connectivity index (χ0n) is 8.66. The lowest BCUT2D eigenvalue weighted by molar-refractivity contribution is 0.417. The molecule has 0 spiro atoms. The van der Waals surface area contributed by atoms with Gasteiger partial charge in [-0.1, -0.05) is 36.4 Å². The molecule has 74 valence electrons. The van der Waals surface area contributed by atoms with Crippen molar-refractivity contribution in [2.24, 2.45) is 0 Å². The first-order chi connectivity index (χ1) is 7.34. The van der Waals surface area contributed by atoms with E-state index in [1.165, 1.54) is 16.3 Å². The van der Waals surface area contributed by atoms with Crippen LogP contribution in [0.5, 0.6) is 5.75 Å². The van der Waals surface area contributed by atoms with Crippen LogP contribution in [0, 0.1) is 0 Å². The molecule has 0 aromatic heterocycles. The summed E-state index contributed by atoms with van der Waals surface area (Å²) >= 11 is 0. The van der Waals surface area contributed by atoms with Gasteiger partial charge in [-0.05, 0) is 30.4 Å². The van der Waals surface area contributed by atoms with Crippen molar-refractivity contribution < 1.29 is 4.74 Å². The summed E-state index contributed by atoms with van der Waals surface area (Å²) in [6, 6.07) is 12.7. The molecule has 15 heavy (non-hydrogen) atoms. The average molecular weight is 196 g/mol. The van der Waals surface area contributed by atoms with Crippen LogP contribution in [0.1, 0.15) is 12.5 Å². The highest BCUT2D eigenvalue weighted by Gasteiger charge is 2.12. The second-order valence-electron chi connectivity index (χ2n) is 3.90. The van der Waals surface area contributed by atoms with Crippen molar-refractivity contribution in [3.63, 3.8) is 0 Å². The molecular formula is C14H12O. The Morgan fingerprint density at radius 3 is 2.87 bits per heavy atom. The fourth-order valence-electron chi connectivity index (χ4n) is 2.03. The zero-order chi connectivity index (χ0) is 10.3. The van der Waals surface area contributed by atoms with Crippen molar-refractivity contribution in [2.45, 2.75) is 13.3 Å². The average Bonchev–Trinajstić information content (AvgIpc) is 2.29. The lowest BCUT2D eigenvalue weighted by Crippen LogP contribution is -2.02. The minimum absolute atomic E-state index is 0.978. The second-order valence-corrected chi connectivity index (χ2v) is 3.90. The zero-order valence-corrected chi connectivity index (χ0v) is 8.66. The first-order valence-electron chi connectivity index (χ1n) is 5.20. The predicted octanol–water partition coefficient (Wildman–Crippen LogP) is 3.68. The van der Waals surface area contributed by atoms with Crippen LogP contribution in [-0.2, 0) is 6.42 Å². The van der Waals surface area contributed by atoms with E-state index in [1.807, 2.05) is 6.92 Å². The molecule has 0 atom stereocenters. The first-order valence-corrected chi connectivity index (χ1v) is 5.20. The molecule has 3 rings (SSSR count). The molecule has 0 radical (unpaired) electrons. The van der Waals surface area contributed by atoms with Gasteiger partial charge in [-0.3, -0.25) is 0 Å². The molecule has 0 unspecified atom stereocenters. The van der Waals surface area contributed by atoms with Gasteiger partial charge in [0.15, 0.2) is 0 Å². The van der Waals surface area contributed by atoms with Crippen LogP contribution in [-0.4, -0.2) is 0 Å². The molecular weight excluding hydrogens is 184 g/mol. The van der Waals surface area contributed by atoms with Gasteiger partial charge in [0.1, 0.15) is 5.75 Å². The van der Waals surface area contributed by atoms with Crippen molar-refractivity contribution in [3.05, 3.63) is 53.8 Å². The summed E-state index contributed by atoms with van der Waals surface area (Å²) in [6.45, 7) is 2.00. The van der Waals surface area contributed by atoms with Gasteiger partial charge in [-0.15, -0.1) is 0 Å². The molecule has 1 heteroatoms. The highest BCUT2D eigenvalue weighted by molar-refractivity contribution is 5.90. The van der Waals surface area contributed by atoms with Crippen LogP contribution in [0.4, 0.5) is 0 Å². The summed E-state index contributed by atoms with van der Waals surface area (Å²) in [5.41, 5.74) is 1.28. The Kier molecular flexibility index (Phi) is 1.78. The number of ether oxygens (including phenoxy) is 1. The maximum absolute atomic E-state index is 5.81. The van der Waals surface area contributed by atoms with Crippen LogP contribution < -0.4 is 4.74 Å². The minimum Gasteiger partial charge on any atom is -0.461 e. The highest BCUT2D eigenvalue weighted by atomic mass is 16.5. The number of benzene rings is 2. The smallest absolute Gasteiger partial charge is 0.138 e. The van der Waals surface area contributed by atoms with Crippen molar-refractivity contribution in [1.29, 1.82) is 0 Å². The van der Waals surface area contributed by atoms with E-state index >= 15 is 0 Å². The molecule has 1 aliphatic heterocycles. The summed E-state index contributed by atoms with van der Waals surface area (Å²) in [5.74, 6) is 2.03.